The van der Waals surface area contributed by atoms with Crippen LogP contribution in [0.5, 0.6) is 0 Å². The van der Waals surface area contributed by atoms with E-state index in [4.69, 9.17) is 0 Å². The van der Waals surface area contributed by atoms with Gasteiger partial charge in [0.15, 0.2) is 4.34 Å². The Morgan fingerprint density at radius 1 is 1.32 bits per heavy atom. The normalized spacial score (nSPS) is 11.2. The smallest absolute Gasteiger partial charge is 0.154 e. The molecule has 4 heteroatoms. The Bertz CT molecular complexity index is 547. The van der Waals surface area contributed by atoms with Crippen molar-refractivity contribution in [1.82, 2.24) is 10.3 Å². The third-order valence-corrected chi connectivity index (χ3v) is 4.86. The van der Waals surface area contributed by atoms with Gasteiger partial charge in [0.05, 0.1) is 0 Å². The van der Waals surface area contributed by atoms with Crippen molar-refractivity contribution >= 4 is 23.1 Å². The molecule has 0 fully saturated rings. The third-order valence-electron chi connectivity index (χ3n) is 2.82. The lowest BCUT2D eigenvalue weighted by atomic mass is 10.1. The molecule has 0 saturated carbocycles. The van der Waals surface area contributed by atoms with E-state index in [9.17, 15) is 0 Å². The molecule has 2 rings (SSSR count). The van der Waals surface area contributed by atoms with Crippen LogP contribution in [0.25, 0.3) is 0 Å². The van der Waals surface area contributed by atoms with Crippen molar-refractivity contribution in [3.63, 3.8) is 0 Å². The average Bonchev–Trinajstić information content (AvgIpc) is 2.73. The van der Waals surface area contributed by atoms with Crippen LogP contribution in [0.4, 0.5) is 0 Å². The first kappa shape index (κ1) is 14.6. The van der Waals surface area contributed by atoms with Gasteiger partial charge in [-0.25, -0.2) is 4.98 Å². The van der Waals surface area contributed by atoms with Crippen molar-refractivity contribution in [1.29, 1.82) is 0 Å². The summed E-state index contributed by atoms with van der Waals surface area (Å²) in [6.45, 7) is 9.49. The molecule has 2 aromatic rings. The molecule has 19 heavy (non-hydrogen) atoms. The van der Waals surface area contributed by atoms with Gasteiger partial charge in [0, 0.05) is 28.6 Å². The van der Waals surface area contributed by atoms with E-state index in [-0.39, 0.29) is 0 Å². The molecule has 0 radical (unpaired) electrons. The first-order valence-electron chi connectivity index (χ1n) is 6.47. The predicted octanol–water partition coefficient (Wildman–Crippen LogP) is 4.41. The van der Waals surface area contributed by atoms with Gasteiger partial charge in [0.25, 0.3) is 0 Å². The van der Waals surface area contributed by atoms with Crippen LogP contribution in [-0.4, -0.2) is 11.0 Å². The highest BCUT2D eigenvalue weighted by molar-refractivity contribution is 8.01. The molecule has 0 aliphatic carbocycles. The first-order chi connectivity index (χ1) is 9.04. The summed E-state index contributed by atoms with van der Waals surface area (Å²) in [5.74, 6) is 0. The van der Waals surface area contributed by atoms with Crippen molar-refractivity contribution in [2.45, 2.75) is 49.5 Å². The molecule has 1 N–H and O–H groups in total. The molecule has 0 amide bonds. The Morgan fingerprint density at radius 2 is 2.11 bits per heavy atom. The van der Waals surface area contributed by atoms with Crippen molar-refractivity contribution < 1.29 is 0 Å². The molecule has 0 aliphatic rings. The van der Waals surface area contributed by atoms with Gasteiger partial charge in [-0.15, -0.1) is 11.3 Å². The number of nitrogens with zero attached hydrogens (tertiary/aromatic N) is 1. The summed E-state index contributed by atoms with van der Waals surface area (Å²) in [6.07, 6.45) is 0. The molecule has 102 valence electrons. The summed E-state index contributed by atoms with van der Waals surface area (Å²) in [5.41, 5.74) is 3.81. The number of rotatable bonds is 5. The standard InChI is InChI=1S/C15H20N2S2/c1-10(2)16-8-13-5-6-14(7-11(13)3)19-15-17-12(4)9-18-15/h5-7,9-10,16H,8H2,1-4H3. The van der Waals surface area contributed by atoms with Crippen molar-refractivity contribution in [2.75, 3.05) is 0 Å². The predicted molar refractivity (Wildman–Crippen MR) is 84.1 cm³/mol. The monoisotopic (exact) mass is 292 g/mol. The fourth-order valence-electron chi connectivity index (χ4n) is 1.72. The topological polar surface area (TPSA) is 24.9 Å². The van der Waals surface area contributed by atoms with E-state index in [2.05, 4.69) is 54.7 Å². The van der Waals surface area contributed by atoms with E-state index in [0.29, 0.717) is 6.04 Å². The van der Waals surface area contributed by atoms with Crippen molar-refractivity contribution in [3.05, 3.63) is 40.4 Å². The number of nitrogens with one attached hydrogen (secondary N) is 1. The van der Waals surface area contributed by atoms with Gasteiger partial charge >= 0.3 is 0 Å². The van der Waals surface area contributed by atoms with Gasteiger partial charge in [-0.3, -0.25) is 0 Å². The van der Waals surface area contributed by atoms with Crippen LogP contribution in [0.15, 0.2) is 32.8 Å². The number of thiazole rings is 1. The summed E-state index contributed by atoms with van der Waals surface area (Å²) >= 11 is 3.45. The second-order valence-electron chi connectivity index (χ2n) is 4.98. The Morgan fingerprint density at radius 3 is 2.68 bits per heavy atom. The zero-order valence-electron chi connectivity index (χ0n) is 11.9. The number of hydrogen-bond acceptors (Lipinski definition) is 4. The van der Waals surface area contributed by atoms with E-state index < -0.39 is 0 Å². The minimum absolute atomic E-state index is 0.520. The SMILES string of the molecule is Cc1csc(Sc2ccc(CNC(C)C)c(C)c2)n1. The Hall–Kier alpha value is -0.840. The molecular weight excluding hydrogens is 272 g/mol. The lowest BCUT2D eigenvalue weighted by Crippen LogP contribution is -2.22. The fourth-order valence-corrected chi connectivity index (χ4v) is 3.63. The van der Waals surface area contributed by atoms with Gasteiger partial charge in [-0.2, -0.15) is 0 Å². The van der Waals surface area contributed by atoms with Crippen LogP contribution >= 0.6 is 23.1 Å². The van der Waals surface area contributed by atoms with E-state index in [1.54, 1.807) is 23.1 Å². The number of aromatic nitrogens is 1. The minimum atomic E-state index is 0.520. The number of aryl methyl sites for hydroxylation is 2. The fraction of sp³-hybridized carbons (Fsp3) is 0.400. The summed E-state index contributed by atoms with van der Waals surface area (Å²) in [4.78, 5) is 5.75. The third kappa shape index (κ3) is 4.34. The zero-order chi connectivity index (χ0) is 13.8. The zero-order valence-corrected chi connectivity index (χ0v) is 13.5. The highest BCUT2D eigenvalue weighted by atomic mass is 32.2. The highest BCUT2D eigenvalue weighted by Crippen LogP contribution is 2.31. The molecule has 1 heterocycles. The molecule has 0 atom stereocenters. The van der Waals surface area contributed by atoms with E-state index >= 15 is 0 Å². The van der Waals surface area contributed by atoms with E-state index in [1.165, 1.54) is 16.0 Å². The van der Waals surface area contributed by atoms with Gasteiger partial charge in [0.2, 0.25) is 0 Å². The van der Waals surface area contributed by atoms with Crippen molar-refractivity contribution in [2.24, 2.45) is 0 Å². The molecule has 0 saturated heterocycles. The summed E-state index contributed by atoms with van der Waals surface area (Å²) in [6, 6.07) is 7.17. The molecule has 1 aromatic carbocycles. The van der Waals surface area contributed by atoms with Crippen LogP contribution < -0.4 is 5.32 Å². The Labute approximate surface area is 123 Å². The summed E-state index contributed by atoms with van der Waals surface area (Å²) < 4.78 is 1.12. The lowest BCUT2D eigenvalue weighted by Gasteiger charge is -2.11. The second-order valence-corrected chi connectivity index (χ2v) is 7.16. The van der Waals surface area contributed by atoms with Crippen LogP contribution in [0.2, 0.25) is 0 Å². The lowest BCUT2D eigenvalue weighted by molar-refractivity contribution is 0.587. The summed E-state index contributed by atoms with van der Waals surface area (Å²) in [7, 11) is 0. The Balaban J connectivity index is 2.06. The largest absolute Gasteiger partial charge is 0.310 e. The van der Waals surface area contributed by atoms with Crippen LogP contribution in [-0.2, 0) is 6.54 Å². The molecule has 0 unspecified atom stereocenters. The highest BCUT2D eigenvalue weighted by Gasteiger charge is 2.05. The number of hydrogen-bond donors (Lipinski definition) is 1. The van der Waals surface area contributed by atoms with Gasteiger partial charge in [-0.05, 0) is 37.1 Å². The first-order valence-corrected chi connectivity index (χ1v) is 8.17. The second kappa shape index (κ2) is 6.55. The molecule has 0 bridgehead atoms. The molecule has 0 spiro atoms. The van der Waals surface area contributed by atoms with Crippen LogP contribution in [0, 0.1) is 13.8 Å². The molecular formula is C15H20N2S2. The maximum atomic E-state index is 4.49. The van der Waals surface area contributed by atoms with Gasteiger partial charge in [0.1, 0.15) is 0 Å². The van der Waals surface area contributed by atoms with Gasteiger partial charge in [-0.1, -0.05) is 31.7 Å². The maximum Gasteiger partial charge on any atom is 0.154 e. The van der Waals surface area contributed by atoms with E-state index in [1.807, 2.05) is 6.92 Å². The maximum absolute atomic E-state index is 4.49. The molecule has 0 aliphatic heterocycles. The van der Waals surface area contributed by atoms with Gasteiger partial charge < -0.3 is 5.32 Å². The quantitative estimate of drug-likeness (QED) is 0.883. The minimum Gasteiger partial charge on any atom is -0.310 e. The molecule has 1 aromatic heterocycles. The summed E-state index contributed by atoms with van der Waals surface area (Å²) in [5, 5.41) is 5.55. The Kier molecular flexibility index (Phi) is 5.02. The number of benzene rings is 1. The van der Waals surface area contributed by atoms with E-state index in [0.717, 1.165) is 16.6 Å². The van der Waals surface area contributed by atoms with Crippen LogP contribution in [0.3, 0.4) is 0 Å². The van der Waals surface area contributed by atoms with Crippen molar-refractivity contribution in [3.8, 4) is 0 Å². The average molecular weight is 292 g/mol. The molecule has 2 nitrogen and oxygen atoms in total. The van der Waals surface area contributed by atoms with Crippen LogP contribution in [0.1, 0.15) is 30.7 Å².